The number of phenols is 1. The van der Waals surface area contributed by atoms with E-state index in [1.807, 2.05) is 103 Å². The van der Waals surface area contributed by atoms with Crippen molar-refractivity contribution in [2.75, 3.05) is 0 Å². The van der Waals surface area contributed by atoms with Gasteiger partial charge in [0.25, 0.3) is 0 Å². The van der Waals surface area contributed by atoms with Crippen LogP contribution < -0.4 is 49.5 Å². The zero-order valence-corrected chi connectivity index (χ0v) is 65.7. The molecule has 0 radical (unpaired) electrons. The fourth-order valence-corrected chi connectivity index (χ4v) is 11.4. The second-order valence-electron chi connectivity index (χ2n) is 29.7. The Hall–Kier alpha value is -8.30. The fourth-order valence-electron chi connectivity index (χ4n) is 11.4. The number of rotatable bonds is 47. The molecule has 590 valence electrons. The molecule has 0 aliphatic carbocycles. The van der Waals surface area contributed by atoms with Gasteiger partial charge in [0.2, 0.25) is 40.9 Å². The van der Waals surface area contributed by atoms with Gasteiger partial charge in [-0.15, -0.1) is 0 Å². The van der Waals surface area contributed by atoms with Gasteiger partial charge in [-0.25, -0.2) is 10.9 Å². The monoisotopic (exact) mass is 1480 g/mol. The summed E-state index contributed by atoms with van der Waals surface area (Å²) in [7, 11) is 0. The number of ketones is 8. The van der Waals surface area contributed by atoms with Gasteiger partial charge < -0.3 is 41.5 Å². The first-order valence-corrected chi connectivity index (χ1v) is 37.1. The number of hydrogen-bond acceptors (Lipinski definition) is 20. The summed E-state index contributed by atoms with van der Waals surface area (Å²) in [6.45, 7) is 28.1. The number of carbonyl (C=O) groups is 12. The number of nitrogens with two attached hydrogens (primary N) is 3. The van der Waals surface area contributed by atoms with Crippen LogP contribution in [0.15, 0.2) is 97.2 Å². The van der Waals surface area contributed by atoms with Crippen LogP contribution in [-0.2, 0) is 76.8 Å². The van der Waals surface area contributed by atoms with Crippen molar-refractivity contribution in [3.05, 3.63) is 114 Å². The number of nitrogens with one attached hydrogen (secondary N) is 7. The molecule has 0 fully saturated rings. The van der Waals surface area contributed by atoms with Crippen LogP contribution in [0.5, 0.6) is 5.75 Å². The molecule has 0 unspecified atom stereocenters. The van der Waals surface area contributed by atoms with E-state index in [0.29, 0.717) is 24.3 Å². The van der Waals surface area contributed by atoms with Gasteiger partial charge in [0.1, 0.15) is 35.2 Å². The molecule has 3 aromatic carbocycles. The zero-order chi connectivity index (χ0) is 80.7. The van der Waals surface area contributed by atoms with Gasteiger partial charge in [-0.3, -0.25) is 75.1 Å². The number of carboxylic acids is 1. The number of primary amides is 1. The Bertz CT molecular complexity index is 3470. The number of para-hydroxylation sites is 1. The quantitative estimate of drug-likeness (QED) is 0.00645. The smallest absolute Gasteiger partial charge is 0.303 e. The lowest BCUT2D eigenvalue weighted by Gasteiger charge is -2.34. The first-order valence-electron chi connectivity index (χ1n) is 37.1. The number of unbranched alkanes of at least 4 members (excludes halogenated alkanes) is 5. The minimum absolute atomic E-state index is 0.00225. The molecule has 25 heteroatoms. The molecule has 4 aromatic rings. The second kappa shape index (κ2) is 48.8. The lowest BCUT2D eigenvalue weighted by atomic mass is 9.86. The SMILES string of the molecule is CC(=O)[C@H](Cc1c[nH]c2ccccc12)N[C@@H](CCC(=O)O)C(=O)C(=O)[C@H](Cc1ccc(O)cc1)NN.CC(C)=O.CCC(C)(C)C(N)=O.CC[C@@H](CC(C)C)C(=O)N[C@@](C)(CCC/C=C/CCCCCC[C@@](C)(N[C@@H](CC(C)C)C(=O)C(=O)[C@@H](NC(=O)[C@H](Cc1ccccc1)NN)[C@@H](C)O)C(C)=O)C(C)=O. The number of hydrogen-bond donors (Lipinski definition) is 13. The van der Waals surface area contributed by atoms with Crippen molar-refractivity contribution in [1.82, 2.24) is 37.1 Å². The number of aliphatic hydroxyl groups is 1. The minimum atomic E-state index is -1.50. The van der Waals surface area contributed by atoms with Gasteiger partial charge >= 0.3 is 5.97 Å². The van der Waals surface area contributed by atoms with Gasteiger partial charge in [-0.05, 0) is 192 Å². The summed E-state index contributed by atoms with van der Waals surface area (Å²) in [5.74, 6) is 5.87. The topological polar surface area (TPSA) is 432 Å². The molecule has 16 N–H and O–H groups in total. The van der Waals surface area contributed by atoms with E-state index in [2.05, 4.69) is 63.1 Å². The summed E-state index contributed by atoms with van der Waals surface area (Å²) in [5.41, 5.74) is 10.8. The van der Waals surface area contributed by atoms with Gasteiger partial charge in [-0.2, -0.15) is 0 Å². The predicted molar refractivity (Wildman–Crippen MR) is 414 cm³/mol. The Kier molecular flexibility index (Phi) is 44.1. The number of carboxylic acid groups (broad SMARTS) is 1. The molecule has 4 rings (SSSR count). The Morgan fingerprint density at radius 3 is 1.58 bits per heavy atom. The summed E-state index contributed by atoms with van der Waals surface area (Å²) in [5, 5.41) is 41.9. The maximum absolute atomic E-state index is 13.8. The number of benzene rings is 3. The van der Waals surface area contributed by atoms with Crippen LogP contribution in [0.1, 0.15) is 224 Å². The van der Waals surface area contributed by atoms with E-state index < -0.39 is 88.4 Å². The summed E-state index contributed by atoms with van der Waals surface area (Å²) in [6.07, 6.45) is 14.4. The molecular formula is C81H126N10O15. The van der Waals surface area contributed by atoms with Gasteiger partial charge in [0, 0.05) is 34.9 Å². The number of phenolic OH excluding ortho intramolecular Hbond substituents is 1. The van der Waals surface area contributed by atoms with Crippen molar-refractivity contribution in [2.24, 2.45) is 40.6 Å². The van der Waals surface area contributed by atoms with Crippen LogP contribution in [0.3, 0.4) is 0 Å². The number of carbonyl (C=O) groups excluding carboxylic acids is 11. The Balaban J connectivity index is 0.000000982. The van der Waals surface area contributed by atoms with Crippen LogP contribution in [-0.4, -0.2) is 144 Å². The number of aromatic nitrogens is 1. The minimum Gasteiger partial charge on any atom is -0.508 e. The van der Waals surface area contributed by atoms with E-state index in [4.69, 9.17) is 17.4 Å². The van der Waals surface area contributed by atoms with E-state index in [-0.39, 0.29) is 96.5 Å². The van der Waals surface area contributed by atoms with Gasteiger partial charge in [-0.1, -0.05) is 147 Å². The highest BCUT2D eigenvalue weighted by molar-refractivity contribution is 6.42. The molecule has 1 aromatic heterocycles. The summed E-state index contributed by atoms with van der Waals surface area (Å²) in [4.78, 5) is 152. The van der Waals surface area contributed by atoms with E-state index in [0.717, 1.165) is 86.2 Å². The van der Waals surface area contributed by atoms with E-state index in [1.54, 1.807) is 32.2 Å². The second-order valence-corrected chi connectivity index (χ2v) is 29.7. The van der Waals surface area contributed by atoms with Crippen molar-refractivity contribution in [1.29, 1.82) is 0 Å². The van der Waals surface area contributed by atoms with Crippen LogP contribution >= 0.6 is 0 Å². The first-order chi connectivity index (χ1) is 49.6. The lowest BCUT2D eigenvalue weighted by Crippen LogP contribution is -2.61. The zero-order valence-electron chi connectivity index (χ0n) is 65.7. The maximum Gasteiger partial charge on any atom is 0.303 e. The number of fused-ring (bicyclic) bond motifs is 1. The Labute approximate surface area is 628 Å². The summed E-state index contributed by atoms with van der Waals surface area (Å²) >= 11 is 0. The molecule has 1 heterocycles. The fraction of sp³-hybridized carbons (Fsp3) is 0.580. The number of aromatic amines is 1. The average molecular weight is 1480 g/mol. The predicted octanol–water partition coefficient (Wildman–Crippen LogP) is 8.93. The molecule has 25 nitrogen and oxygen atoms in total. The highest BCUT2D eigenvalue weighted by atomic mass is 16.4. The molecule has 0 saturated heterocycles. The van der Waals surface area contributed by atoms with Gasteiger partial charge in [0.15, 0.2) is 5.78 Å². The van der Waals surface area contributed by atoms with E-state index in [1.165, 1.54) is 46.8 Å². The first kappa shape index (κ1) is 95.7. The normalized spacial score (nSPS) is 14.8. The molecular weight excluding hydrogens is 1350 g/mol. The standard InChI is InChI=1S/C46H77N5O7.C26H30N4O6.C6H13NO.C3H6O/c1-11-37(28-31(2)3)43(57)50-46(10,35(8)54)27-23-18-16-14-12-13-15-17-22-26-45(9,34(7)53)49-38(29-32(4)5)41(55)42(56)40(33(6)52)48-44(58)39(51-47)30-36-24-20-19-21-25-36;1-15(31)22(13-17-14-28-20-5-3-2-4-19(17)20)29-21(10-11-24(33)34)25(35)26(36)23(30-27)12-16-6-8-18(32)9-7-16;1-4-6(2,3)5(7)8;1-3(2)4/h14,16,19-21,24-25,31-33,37-40,49,51-52H,11-13,15,17-18,22-23,26-30,47H2,1-10H3,(H,48,58)(H,50,57);2-9,14,21-23,28-30,32H,10-13,27H2,1H3,(H,33,34);4H2,1-3H3,(H2,7,8);1-2H3/b16-14+;;;/t33-,37+,38+,39+,40+,45-,46+;21-,22-,23-;;/m10../s1. The maximum atomic E-state index is 13.8. The van der Waals surface area contributed by atoms with Crippen LogP contribution in [0.25, 0.3) is 10.9 Å². The number of hydrazine groups is 2. The van der Waals surface area contributed by atoms with Crippen molar-refractivity contribution >= 4 is 80.9 Å². The number of allylic oxidation sites excluding steroid dienone is 2. The Morgan fingerprint density at radius 1 is 0.575 bits per heavy atom. The van der Waals surface area contributed by atoms with E-state index >= 15 is 0 Å². The number of aliphatic hydroxyl groups excluding tert-OH is 1. The third kappa shape index (κ3) is 35.4. The molecule has 3 amide bonds. The molecule has 0 spiro atoms. The van der Waals surface area contributed by atoms with Crippen molar-refractivity contribution in [3.8, 4) is 5.75 Å². The highest BCUT2D eigenvalue weighted by Crippen LogP contribution is 2.25. The third-order valence-corrected chi connectivity index (χ3v) is 18.8. The van der Waals surface area contributed by atoms with Crippen molar-refractivity contribution < 1.29 is 72.9 Å². The summed E-state index contributed by atoms with van der Waals surface area (Å²) < 4.78 is 0. The molecule has 106 heavy (non-hydrogen) atoms. The number of H-pyrrole nitrogens is 1. The Morgan fingerprint density at radius 2 is 1.08 bits per heavy atom. The van der Waals surface area contributed by atoms with Crippen LogP contribution in [0.2, 0.25) is 0 Å². The van der Waals surface area contributed by atoms with Crippen molar-refractivity contribution in [2.45, 2.75) is 280 Å². The van der Waals surface area contributed by atoms with Crippen LogP contribution in [0, 0.1) is 23.2 Å². The van der Waals surface area contributed by atoms with E-state index in [9.17, 15) is 72.9 Å². The summed E-state index contributed by atoms with van der Waals surface area (Å²) in [6, 6.07) is 16.4. The molecule has 0 bridgehead atoms. The number of amides is 3. The number of aromatic hydroxyl groups is 1. The molecule has 0 saturated carbocycles. The number of aliphatic carboxylic acids is 1. The number of Topliss-reactive ketones (excluding diaryl/α,β-unsaturated/α-hetero) is 8. The average Bonchev–Trinajstić information content (AvgIpc) is 1.61. The lowest BCUT2D eigenvalue weighted by molar-refractivity contribution is -0.142. The third-order valence-electron chi connectivity index (χ3n) is 18.8. The van der Waals surface area contributed by atoms with Gasteiger partial charge in [0.05, 0.1) is 41.3 Å². The molecule has 0 aliphatic rings. The largest absolute Gasteiger partial charge is 0.508 e. The van der Waals surface area contributed by atoms with Crippen LogP contribution in [0.4, 0.5) is 0 Å². The molecule has 0 aliphatic heterocycles. The highest BCUT2D eigenvalue weighted by Gasteiger charge is 2.41. The van der Waals surface area contributed by atoms with Crippen molar-refractivity contribution in [3.63, 3.8) is 0 Å². The molecule has 10 atom stereocenters.